The summed E-state index contributed by atoms with van der Waals surface area (Å²) in [6.45, 7) is 0. The zero-order chi connectivity index (χ0) is 13.7. The third-order valence-corrected chi connectivity index (χ3v) is 4.13. The van der Waals surface area contributed by atoms with Crippen LogP contribution in [0.4, 0.5) is 5.69 Å². The molecule has 0 radical (unpaired) electrons. The number of hydrogen-bond acceptors (Lipinski definition) is 3. The second kappa shape index (κ2) is 4.07. The molecule has 0 saturated carbocycles. The molecular formula is C16H14N2O2. The maximum absolute atomic E-state index is 12.6. The number of ketones is 1. The van der Waals surface area contributed by atoms with Crippen molar-refractivity contribution in [3.8, 4) is 0 Å². The molecule has 20 heavy (non-hydrogen) atoms. The van der Waals surface area contributed by atoms with Gasteiger partial charge < -0.3 is 10.3 Å². The van der Waals surface area contributed by atoms with Gasteiger partial charge in [0.15, 0.2) is 5.78 Å². The van der Waals surface area contributed by atoms with Crippen LogP contribution in [-0.4, -0.2) is 16.8 Å². The van der Waals surface area contributed by atoms with Crippen molar-refractivity contribution in [2.45, 2.75) is 18.9 Å². The maximum atomic E-state index is 12.6. The summed E-state index contributed by atoms with van der Waals surface area (Å²) in [7, 11) is 0. The summed E-state index contributed by atoms with van der Waals surface area (Å²) in [5.74, 6) is -0.239. The Morgan fingerprint density at radius 3 is 2.75 bits per heavy atom. The average Bonchev–Trinajstić information content (AvgIpc) is 2.49. The van der Waals surface area contributed by atoms with E-state index in [1.807, 2.05) is 36.5 Å². The Morgan fingerprint density at radius 1 is 1.05 bits per heavy atom. The molecule has 2 N–H and O–H groups in total. The van der Waals surface area contributed by atoms with Gasteiger partial charge in [-0.2, -0.15) is 0 Å². The normalized spacial score (nSPS) is 25.7. The third kappa shape index (κ3) is 1.48. The molecule has 2 unspecified atom stereocenters. The third-order valence-electron chi connectivity index (χ3n) is 4.13. The summed E-state index contributed by atoms with van der Waals surface area (Å²) in [6, 6.07) is -0.119. The molecule has 0 bridgehead atoms. The van der Waals surface area contributed by atoms with Gasteiger partial charge in [-0.05, 0) is 12.8 Å². The van der Waals surface area contributed by atoms with Crippen molar-refractivity contribution in [2.24, 2.45) is 5.92 Å². The zero-order valence-electron chi connectivity index (χ0n) is 10.8. The minimum atomic E-state index is -0.228. The van der Waals surface area contributed by atoms with Gasteiger partial charge in [-0.15, -0.1) is 0 Å². The molecular weight excluding hydrogens is 252 g/mol. The number of carbonyl (C=O) groups excluding carboxylic acids is 1. The largest absolute Gasteiger partial charge is 0.373 e. The summed E-state index contributed by atoms with van der Waals surface area (Å²) < 4.78 is 0. The maximum Gasteiger partial charge on any atom is 0.212 e. The number of pyridine rings is 1. The number of hydrogen-bond donors (Lipinski definition) is 2. The number of Topliss-reactive ketones (excluding diaryl/α,β-unsaturated/α-hetero) is 1. The lowest BCUT2D eigenvalue weighted by Crippen LogP contribution is -2.50. The summed E-state index contributed by atoms with van der Waals surface area (Å²) >= 11 is 0. The number of allylic oxidation sites excluding steroid dienone is 2. The van der Waals surface area contributed by atoms with Crippen molar-refractivity contribution in [3.05, 3.63) is 50.8 Å². The lowest BCUT2D eigenvalue weighted by atomic mass is 9.85. The van der Waals surface area contributed by atoms with Crippen molar-refractivity contribution >= 4 is 23.6 Å². The number of H-pyrrole nitrogens is 1. The van der Waals surface area contributed by atoms with Gasteiger partial charge in [0, 0.05) is 10.6 Å². The molecule has 4 rings (SSSR count). The number of aromatic amines is 1. The molecule has 100 valence electrons. The fourth-order valence-electron chi connectivity index (χ4n) is 3.11. The van der Waals surface area contributed by atoms with Gasteiger partial charge >= 0.3 is 0 Å². The molecule has 1 aliphatic heterocycles. The van der Waals surface area contributed by atoms with Crippen molar-refractivity contribution in [1.29, 1.82) is 0 Å². The molecule has 0 spiro atoms. The van der Waals surface area contributed by atoms with Crippen LogP contribution in [0.25, 0.3) is 12.2 Å². The first-order chi connectivity index (χ1) is 9.75. The Balaban J connectivity index is 2.01. The Morgan fingerprint density at radius 2 is 1.85 bits per heavy atom. The molecule has 0 aromatic carbocycles. The molecule has 4 heteroatoms. The average molecular weight is 266 g/mol. The Labute approximate surface area is 115 Å². The van der Waals surface area contributed by atoms with E-state index >= 15 is 0 Å². The van der Waals surface area contributed by atoms with Gasteiger partial charge in [0.2, 0.25) is 5.43 Å². The Kier molecular flexibility index (Phi) is 2.33. The summed E-state index contributed by atoms with van der Waals surface area (Å²) in [4.78, 5) is 28.3. The standard InChI is InChI=1S/C16H14N2O2/c19-15-9-5-1-3-7-11(9)17-14-13(15)18-12-8-4-2-6-10(12)16(14)20/h1,3,5-9,11,17-18H,2,4H2. The van der Waals surface area contributed by atoms with E-state index in [-0.39, 0.29) is 23.2 Å². The predicted octanol–water partition coefficient (Wildman–Crippen LogP) is 0.449. The van der Waals surface area contributed by atoms with E-state index in [1.54, 1.807) is 0 Å². The number of aromatic nitrogens is 1. The van der Waals surface area contributed by atoms with Crippen LogP contribution in [0.5, 0.6) is 0 Å². The highest BCUT2D eigenvalue weighted by atomic mass is 16.1. The fraction of sp³-hybridized carbons (Fsp3) is 0.250. The zero-order valence-corrected chi connectivity index (χ0v) is 10.8. The lowest BCUT2D eigenvalue weighted by Gasteiger charge is -2.30. The van der Waals surface area contributed by atoms with E-state index in [1.165, 1.54) is 0 Å². The lowest BCUT2D eigenvalue weighted by molar-refractivity contribution is 0.0930. The summed E-state index contributed by atoms with van der Waals surface area (Å²) in [5.41, 5.74) is 0.766. The molecule has 0 fully saturated rings. The number of anilines is 1. The van der Waals surface area contributed by atoms with Gasteiger partial charge in [0.25, 0.3) is 0 Å². The Hall–Kier alpha value is -2.36. The first kappa shape index (κ1) is 11.5. The molecule has 2 atom stereocenters. The van der Waals surface area contributed by atoms with Crippen LogP contribution < -0.4 is 21.3 Å². The van der Waals surface area contributed by atoms with Crippen molar-refractivity contribution < 1.29 is 4.79 Å². The molecule has 0 saturated heterocycles. The quantitative estimate of drug-likeness (QED) is 0.716. The minimum Gasteiger partial charge on any atom is -0.373 e. The van der Waals surface area contributed by atoms with Gasteiger partial charge in [-0.3, -0.25) is 9.59 Å². The van der Waals surface area contributed by atoms with Crippen LogP contribution in [0.1, 0.15) is 23.3 Å². The van der Waals surface area contributed by atoms with Gasteiger partial charge in [-0.1, -0.05) is 36.5 Å². The van der Waals surface area contributed by atoms with Crippen molar-refractivity contribution in [2.75, 3.05) is 5.32 Å². The van der Waals surface area contributed by atoms with Crippen LogP contribution in [0.3, 0.4) is 0 Å². The first-order valence-electron chi connectivity index (χ1n) is 6.88. The van der Waals surface area contributed by atoms with Crippen LogP contribution in [-0.2, 0) is 0 Å². The highest BCUT2D eigenvalue weighted by molar-refractivity contribution is 6.04. The van der Waals surface area contributed by atoms with Gasteiger partial charge in [0.1, 0.15) is 11.4 Å². The van der Waals surface area contributed by atoms with Crippen LogP contribution >= 0.6 is 0 Å². The monoisotopic (exact) mass is 266 g/mol. The summed E-state index contributed by atoms with van der Waals surface area (Å²) in [5, 5.41) is 4.68. The number of carbonyl (C=O) groups is 1. The first-order valence-corrected chi connectivity index (χ1v) is 6.88. The van der Waals surface area contributed by atoms with Crippen LogP contribution in [0.15, 0.2) is 29.1 Å². The van der Waals surface area contributed by atoms with Crippen molar-refractivity contribution in [1.82, 2.24) is 4.98 Å². The Bertz CT molecular complexity index is 842. The molecule has 0 amide bonds. The highest BCUT2D eigenvalue weighted by Gasteiger charge is 2.35. The van der Waals surface area contributed by atoms with E-state index in [0.29, 0.717) is 16.6 Å². The van der Waals surface area contributed by atoms with Crippen LogP contribution in [0.2, 0.25) is 0 Å². The number of rotatable bonds is 0. The van der Waals surface area contributed by atoms with E-state index in [4.69, 9.17) is 0 Å². The molecule has 2 heterocycles. The van der Waals surface area contributed by atoms with E-state index in [2.05, 4.69) is 10.3 Å². The second-order valence-electron chi connectivity index (χ2n) is 5.35. The number of fused-ring (bicyclic) bond motifs is 3. The molecule has 1 aromatic rings. The highest BCUT2D eigenvalue weighted by Crippen LogP contribution is 2.27. The van der Waals surface area contributed by atoms with Gasteiger partial charge in [-0.25, -0.2) is 0 Å². The van der Waals surface area contributed by atoms with Gasteiger partial charge in [0.05, 0.1) is 12.0 Å². The number of nitrogens with one attached hydrogen (secondary N) is 2. The molecule has 1 aromatic heterocycles. The SMILES string of the molecule is O=C1c2[nH]c3c(c(=O)c2NC2C=CC=CC12)=CCCC=3. The molecule has 3 aliphatic rings. The predicted molar refractivity (Wildman–Crippen MR) is 78.0 cm³/mol. The minimum absolute atomic E-state index is 0.0109. The molecule has 2 aliphatic carbocycles. The van der Waals surface area contributed by atoms with E-state index in [9.17, 15) is 9.59 Å². The van der Waals surface area contributed by atoms with E-state index in [0.717, 1.165) is 18.2 Å². The van der Waals surface area contributed by atoms with E-state index < -0.39 is 0 Å². The smallest absolute Gasteiger partial charge is 0.212 e. The topological polar surface area (TPSA) is 62.0 Å². The molecule has 4 nitrogen and oxygen atoms in total. The fourth-order valence-corrected chi connectivity index (χ4v) is 3.11. The second-order valence-corrected chi connectivity index (χ2v) is 5.35. The summed E-state index contributed by atoms with van der Waals surface area (Å²) in [6.07, 6.45) is 13.3. The van der Waals surface area contributed by atoms with Crippen LogP contribution in [0, 0.1) is 5.92 Å². The van der Waals surface area contributed by atoms with Crippen molar-refractivity contribution in [3.63, 3.8) is 0 Å².